The molecule has 4 unspecified atom stereocenters. The van der Waals surface area contributed by atoms with Crippen LogP contribution in [0.2, 0.25) is 0 Å². The van der Waals surface area contributed by atoms with Crippen LogP contribution in [0.3, 0.4) is 0 Å². The van der Waals surface area contributed by atoms with E-state index in [0.29, 0.717) is 12.5 Å². The summed E-state index contributed by atoms with van der Waals surface area (Å²) >= 11 is 0. The highest BCUT2D eigenvalue weighted by Gasteiger charge is 2.42. The Hall–Kier alpha value is -2.44. The summed E-state index contributed by atoms with van der Waals surface area (Å²) in [6, 6.07) is 12.7. The van der Waals surface area contributed by atoms with E-state index in [2.05, 4.69) is 46.0 Å². The summed E-state index contributed by atoms with van der Waals surface area (Å²) in [6.45, 7) is 0.531. The number of nitrogens with one attached hydrogen (secondary N) is 2. The number of benzene rings is 1. The van der Waals surface area contributed by atoms with Gasteiger partial charge in [-0.15, -0.1) is 0 Å². The van der Waals surface area contributed by atoms with E-state index >= 15 is 0 Å². The maximum Gasteiger partial charge on any atom is 0.237 e. The van der Waals surface area contributed by atoms with E-state index in [1.54, 1.807) is 0 Å². The van der Waals surface area contributed by atoms with E-state index in [4.69, 9.17) is 5.73 Å². The van der Waals surface area contributed by atoms with Crippen molar-refractivity contribution in [2.75, 3.05) is 18.5 Å². The highest BCUT2D eigenvalue weighted by molar-refractivity contribution is 5.79. The maximum atomic E-state index is 12.2. The SMILES string of the molecule is CN(c1ccccc1)c1cncc(C2CCC3C(=O)NNC(CN)C3C2)c1. The molecule has 1 aromatic carbocycles. The van der Waals surface area contributed by atoms with Crippen molar-refractivity contribution in [3.8, 4) is 0 Å². The number of carbonyl (C=O) groups excluding carboxylic acids is 1. The summed E-state index contributed by atoms with van der Waals surface area (Å²) in [4.78, 5) is 18.9. The van der Waals surface area contributed by atoms with Crippen LogP contribution in [0.25, 0.3) is 0 Å². The van der Waals surface area contributed by atoms with Crippen LogP contribution in [-0.2, 0) is 4.79 Å². The molecule has 4 atom stereocenters. The first kappa shape index (κ1) is 17.9. The summed E-state index contributed by atoms with van der Waals surface area (Å²) in [6.07, 6.45) is 6.75. The van der Waals surface area contributed by atoms with Crippen molar-refractivity contribution in [3.05, 3.63) is 54.4 Å². The van der Waals surface area contributed by atoms with Crippen LogP contribution in [0.15, 0.2) is 48.8 Å². The van der Waals surface area contributed by atoms with Crippen molar-refractivity contribution >= 4 is 17.3 Å². The molecular weight excluding hydrogens is 338 g/mol. The average molecular weight is 365 g/mol. The molecule has 0 radical (unpaired) electrons. The minimum Gasteiger partial charge on any atom is -0.343 e. The monoisotopic (exact) mass is 365 g/mol. The van der Waals surface area contributed by atoms with Gasteiger partial charge in [0.1, 0.15) is 0 Å². The molecule has 6 nitrogen and oxygen atoms in total. The summed E-state index contributed by atoms with van der Waals surface area (Å²) < 4.78 is 0. The number of para-hydroxylation sites is 1. The van der Waals surface area contributed by atoms with Gasteiger partial charge in [-0.2, -0.15) is 0 Å². The number of nitrogens with two attached hydrogens (primary N) is 1. The van der Waals surface area contributed by atoms with Crippen molar-refractivity contribution in [2.45, 2.75) is 31.2 Å². The van der Waals surface area contributed by atoms with E-state index < -0.39 is 0 Å². The number of hydrogen-bond acceptors (Lipinski definition) is 5. The van der Waals surface area contributed by atoms with Crippen molar-refractivity contribution in [2.24, 2.45) is 17.6 Å². The Labute approximate surface area is 160 Å². The van der Waals surface area contributed by atoms with Crippen molar-refractivity contribution in [1.82, 2.24) is 15.8 Å². The Morgan fingerprint density at radius 2 is 2.00 bits per heavy atom. The van der Waals surface area contributed by atoms with Gasteiger partial charge in [-0.3, -0.25) is 15.2 Å². The molecule has 0 bridgehead atoms. The molecule has 1 amide bonds. The molecule has 2 fully saturated rings. The average Bonchev–Trinajstić information content (AvgIpc) is 2.74. The topological polar surface area (TPSA) is 83.3 Å². The largest absolute Gasteiger partial charge is 0.343 e. The number of fused-ring (bicyclic) bond motifs is 1. The van der Waals surface area contributed by atoms with E-state index in [1.165, 1.54) is 5.56 Å². The Morgan fingerprint density at radius 1 is 1.19 bits per heavy atom. The number of anilines is 2. The molecule has 2 aromatic rings. The zero-order valence-corrected chi connectivity index (χ0v) is 15.6. The third-order valence-electron chi connectivity index (χ3n) is 6.14. The number of hydrogen-bond donors (Lipinski definition) is 3. The molecule has 2 aliphatic rings. The van der Waals surface area contributed by atoms with Crippen LogP contribution in [0.4, 0.5) is 11.4 Å². The van der Waals surface area contributed by atoms with Gasteiger partial charge in [-0.05, 0) is 54.9 Å². The Morgan fingerprint density at radius 3 is 2.78 bits per heavy atom. The molecule has 142 valence electrons. The quantitative estimate of drug-likeness (QED) is 0.774. The predicted octanol–water partition coefficient (Wildman–Crippen LogP) is 2.31. The Bertz CT molecular complexity index is 796. The fraction of sp³-hybridized carbons (Fsp3) is 0.429. The molecule has 4 rings (SSSR count). The summed E-state index contributed by atoms with van der Waals surface area (Å²) in [5.41, 5.74) is 15.3. The van der Waals surface area contributed by atoms with Gasteiger partial charge >= 0.3 is 0 Å². The van der Waals surface area contributed by atoms with Crippen LogP contribution in [0.5, 0.6) is 0 Å². The molecule has 27 heavy (non-hydrogen) atoms. The van der Waals surface area contributed by atoms with Gasteiger partial charge in [0.05, 0.1) is 11.9 Å². The van der Waals surface area contributed by atoms with E-state index in [9.17, 15) is 4.79 Å². The molecule has 4 N–H and O–H groups in total. The van der Waals surface area contributed by atoms with E-state index in [-0.39, 0.29) is 23.8 Å². The third kappa shape index (κ3) is 3.55. The van der Waals surface area contributed by atoms with Gasteiger partial charge in [0.2, 0.25) is 5.91 Å². The molecule has 1 saturated heterocycles. The third-order valence-corrected chi connectivity index (χ3v) is 6.14. The first-order valence-corrected chi connectivity index (χ1v) is 9.66. The molecule has 2 heterocycles. The van der Waals surface area contributed by atoms with Gasteiger partial charge in [-0.25, -0.2) is 5.43 Å². The fourth-order valence-corrected chi connectivity index (χ4v) is 4.53. The van der Waals surface area contributed by atoms with Crippen molar-refractivity contribution in [1.29, 1.82) is 0 Å². The normalized spacial score (nSPS) is 27.6. The number of nitrogens with zero attached hydrogens (tertiary/aromatic N) is 2. The van der Waals surface area contributed by atoms with Gasteiger partial charge < -0.3 is 10.6 Å². The lowest BCUT2D eigenvalue weighted by molar-refractivity contribution is -0.133. The Kier molecular flexibility index (Phi) is 5.09. The second kappa shape index (κ2) is 7.66. The lowest BCUT2D eigenvalue weighted by atomic mass is 9.68. The highest BCUT2D eigenvalue weighted by Crippen LogP contribution is 2.42. The van der Waals surface area contributed by atoms with Gasteiger partial charge in [0.15, 0.2) is 0 Å². The van der Waals surface area contributed by atoms with Crippen molar-refractivity contribution in [3.63, 3.8) is 0 Å². The van der Waals surface area contributed by atoms with E-state index in [1.807, 2.05) is 30.6 Å². The lowest BCUT2D eigenvalue weighted by Gasteiger charge is -2.43. The van der Waals surface area contributed by atoms with Crippen LogP contribution < -0.4 is 21.5 Å². The molecular formula is C21H27N5O. The maximum absolute atomic E-state index is 12.2. The highest BCUT2D eigenvalue weighted by atomic mass is 16.2. The second-order valence-corrected chi connectivity index (χ2v) is 7.63. The van der Waals surface area contributed by atoms with Crippen LogP contribution in [-0.4, -0.2) is 30.5 Å². The summed E-state index contributed by atoms with van der Waals surface area (Å²) in [5, 5.41) is 0. The lowest BCUT2D eigenvalue weighted by Crippen LogP contribution is -2.62. The smallest absolute Gasteiger partial charge is 0.237 e. The summed E-state index contributed by atoms with van der Waals surface area (Å²) in [5.74, 6) is 0.862. The molecule has 1 aliphatic carbocycles. The van der Waals surface area contributed by atoms with Crippen LogP contribution >= 0.6 is 0 Å². The number of pyridine rings is 1. The summed E-state index contributed by atoms with van der Waals surface area (Å²) in [7, 11) is 2.06. The molecule has 6 heteroatoms. The molecule has 1 aromatic heterocycles. The first-order chi connectivity index (χ1) is 13.2. The minimum absolute atomic E-state index is 0.0687. The van der Waals surface area contributed by atoms with E-state index in [0.717, 1.165) is 30.6 Å². The van der Waals surface area contributed by atoms with Crippen molar-refractivity contribution < 1.29 is 4.79 Å². The van der Waals surface area contributed by atoms with Gasteiger partial charge in [-0.1, -0.05) is 18.2 Å². The number of amides is 1. The number of aromatic nitrogens is 1. The van der Waals surface area contributed by atoms with Crippen LogP contribution in [0.1, 0.15) is 30.7 Å². The molecule has 1 saturated carbocycles. The van der Waals surface area contributed by atoms with Gasteiger partial charge in [0, 0.05) is 37.4 Å². The van der Waals surface area contributed by atoms with Crippen LogP contribution in [0, 0.1) is 11.8 Å². The number of carbonyl (C=O) groups is 1. The van der Waals surface area contributed by atoms with Gasteiger partial charge in [0.25, 0.3) is 0 Å². The Balaban J connectivity index is 1.55. The number of hydrazine groups is 1. The number of rotatable bonds is 4. The zero-order valence-electron chi connectivity index (χ0n) is 15.6. The second-order valence-electron chi connectivity index (χ2n) is 7.63. The predicted molar refractivity (Wildman–Crippen MR) is 106 cm³/mol. The molecule has 0 spiro atoms. The zero-order chi connectivity index (χ0) is 18.8. The minimum atomic E-state index is 0.0687. The molecule has 1 aliphatic heterocycles. The first-order valence-electron chi connectivity index (χ1n) is 9.66. The fourth-order valence-electron chi connectivity index (χ4n) is 4.53. The standard InChI is InChI=1S/C21H27N5O/c1-26(16-5-3-2-4-6-16)17-9-15(12-23-13-17)14-7-8-18-19(10-14)20(11-22)24-25-21(18)27/h2-6,9,12-14,18-20,24H,7-8,10-11,22H2,1H3,(H,25,27).